The van der Waals surface area contributed by atoms with E-state index >= 15 is 0 Å². The van der Waals surface area contributed by atoms with Crippen LogP contribution in [0.1, 0.15) is 12.8 Å². The van der Waals surface area contributed by atoms with Crippen molar-refractivity contribution in [1.29, 1.82) is 0 Å². The number of halogens is 1. The molecule has 2 aromatic rings. The Balaban J connectivity index is 1.73. The summed E-state index contributed by atoms with van der Waals surface area (Å²) in [5.74, 6) is 2.25. The maximum absolute atomic E-state index is 5.91. The van der Waals surface area contributed by atoms with Crippen LogP contribution >= 0.6 is 11.6 Å². The number of piperidine rings is 1. The van der Waals surface area contributed by atoms with Gasteiger partial charge in [0.25, 0.3) is 0 Å². The van der Waals surface area contributed by atoms with Crippen molar-refractivity contribution in [2.75, 3.05) is 31.6 Å². The van der Waals surface area contributed by atoms with Gasteiger partial charge in [0.2, 0.25) is 5.95 Å². The summed E-state index contributed by atoms with van der Waals surface area (Å²) in [6.07, 6.45) is 2.46. The molecule has 1 saturated heterocycles. The highest BCUT2D eigenvalue weighted by atomic mass is 35.5. The second kappa shape index (κ2) is 6.45. The third-order valence-corrected chi connectivity index (χ3v) is 4.14. The van der Waals surface area contributed by atoms with Gasteiger partial charge >= 0.3 is 0 Å². The van der Waals surface area contributed by atoms with Gasteiger partial charge in [-0.3, -0.25) is 5.10 Å². The standard InChI is InChI=1S/C15H20ClN5/c1-17-9-11-3-2-8-21(10-11)15-18-14(19-20-15)12-4-6-13(16)7-5-12/h4-7,11,17H,2-3,8-10H2,1H3,(H,18,19,20). The van der Waals surface area contributed by atoms with Crippen LogP contribution in [0.3, 0.4) is 0 Å². The fourth-order valence-corrected chi connectivity index (χ4v) is 2.96. The largest absolute Gasteiger partial charge is 0.339 e. The minimum Gasteiger partial charge on any atom is -0.339 e. The fraction of sp³-hybridized carbons (Fsp3) is 0.467. The molecular weight excluding hydrogens is 286 g/mol. The van der Waals surface area contributed by atoms with E-state index in [-0.39, 0.29) is 0 Å². The monoisotopic (exact) mass is 305 g/mol. The number of hydrogen-bond acceptors (Lipinski definition) is 4. The molecule has 0 radical (unpaired) electrons. The molecule has 1 fully saturated rings. The quantitative estimate of drug-likeness (QED) is 0.911. The molecule has 1 aliphatic heterocycles. The predicted molar refractivity (Wildman–Crippen MR) is 85.7 cm³/mol. The summed E-state index contributed by atoms with van der Waals surface area (Å²) in [7, 11) is 2.00. The minimum absolute atomic E-state index is 0.668. The molecule has 0 spiro atoms. The number of aromatic nitrogens is 3. The van der Waals surface area contributed by atoms with E-state index in [9.17, 15) is 0 Å². The second-order valence-corrected chi connectivity index (χ2v) is 5.94. The molecule has 0 aliphatic carbocycles. The Morgan fingerprint density at radius 3 is 2.95 bits per heavy atom. The van der Waals surface area contributed by atoms with Crippen molar-refractivity contribution in [3.05, 3.63) is 29.3 Å². The van der Waals surface area contributed by atoms with E-state index < -0.39 is 0 Å². The van der Waals surface area contributed by atoms with E-state index in [1.165, 1.54) is 12.8 Å². The van der Waals surface area contributed by atoms with E-state index in [0.717, 1.165) is 42.0 Å². The van der Waals surface area contributed by atoms with Gasteiger partial charge in [0.15, 0.2) is 5.82 Å². The first kappa shape index (κ1) is 14.4. The Kier molecular flexibility index (Phi) is 4.41. The number of rotatable bonds is 4. The van der Waals surface area contributed by atoms with Crippen molar-refractivity contribution in [2.24, 2.45) is 5.92 Å². The molecule has 1 unspecified atom stereocenters. The molecule has 0 saturated carbocycles. The van der Waals surface area contributed by atoms with Gasteiger partial charge in [-0.1, -0.05) is 11.6 Å². The van der Waals surface area contributed by atoms with Crippen LogP contribution in [0.25, 0.3) is 11.4 Å². The highest BCUT2D eigenvalue weighted by Gasteiger charge is 2.22. The van der Waals surface area contributed by atoms with Crippen LogP contribution in [0.2, 0.25) is 5.02 Å². The lowest BCUT2D eigenvalue weighted by atomic mass is 9.98. The van der Waals surface area contributed by atoms with Gasteiger partial charge in [-0.2, -0.15) is 4.98 Å². The van der Waals surface area contributed by atoms with Crippen molar-refractivity contribution >= 4 is 17.5 Å². The molecule has 1 atom stereocenters. The van der Waals surface area contributed by atoms with Crippen LogP contribution < -0.4 is 10.2 Å². The molecule has 2 heterocycles. The van der Waals surface area contributed by atoms with Crippen LogP contribution in [0.5, 0.6) is 0 Å². The van der Waals surface area contributed by atoms with E-state index in [2.05, 4.69) is 25.4 Å². The third kappa shape index (κ3) is 3.36. The number of nitrogens with zero attached hydrogens (tertiary/aromatic N) is 3. The molecule has 3 rings (SSSR count). The zero-order valence-electron chi connectivity index (χ0n) is 12.1. The summed E-state index contributed by atoms with van der Waals surface area (Å²) >= 11 is 5.91. The van der Waals surface area contributed by atoms with E-state index in [0.29, 0.717) is 5.92 Å². The zero-order chi connectivity index (χ0) is 14.7. The Labute approximate surface area is 129 Å². The summed E-state index contributed by atoms with van der Waals surface area (Å²) < 4.78 is 0. The maximum atomic E-state index is 5.91. The van der Waals surface area contributed by atoms with E-state index in [1.807, 2.05) is 31.3 Å². The first-order chi connectivity index (χ1) is 10.3. The SMILES string of the molecule is CNCC1CCCN(c2n[nH]c(-c3ccc(Cl)cc3)n2)C1. The summed E-state index contributed by atoms with van der Waals surface area (Å²) in [5.41, 5.74) is 1.00. The fourth-order valence-electron chi connectivity index (χ4n) is 2.83. The summed E-state index contributed by atoms with van der Waals surface area (Å²) in [4.78, 5) is 6.89. The van der Waals surface area contributed by atoms with E-state index in [4.69, 9.17) is 11.6 Å². The summed E-state index contributed by atoms with van der Waals surface area (Å²) in [6, 6.07) is 7.63. The number of anilines is 1. The highest BCUT2D eigenvalue weighted by molar-refractivity contribution is 6.30. The third-order valence-electron chi connectivity index (χ3n) is 3.89. The molecule has 5 nitrogen and oxygen atoms in total. The lowest BCUT2D eigenvalue weighted by Gasteiger charge is -2.31. The Bertz CT molecular complexity index is 578. The molecule has 112 valence electrons. The predicted octanol–water partition coefficient (Wildman–Crippen LogP) is 2.56. The average molecular weight is 306 g/mol. The lowest BCUT2D eigenvalue weighted by molar-refractivity contribution is 0.399. The summed E-state index contributed by atoms with van der Waals surface area (Å²) in [6.45, 7) is 3.09. The van der Waals surface area contributed by atoms with Crippen LogP contribution in [0.4, 0.5) is 5.95 Å². The van der Waals surface area contributed by atoms with Gasteiger partial charge in [0.05, 0.1) is 0 Å². The van der Waals surface area contributed by atoms with Crippen molar-refractivity contribution in [3.63, 3.8) is 0 Å². The van der Waals surface area contributed by atoms with E-state index in [1.54, 1.807) is 0 Å². The Hall–Kier alpha value is -1.59. The lowest BCUT2D eigenvalue weighted by Crippen LogP contribution is -2.39. The normalized spacial score (nSPS) is 19.0. The van der Waals surface area contributed by atoms with Crippen molar-refractivity contribution in [3.8, 4) is 11.4 Å². The van der Waals surface area contributed by atoms with Crippen molar-refractivity contribution < 1.29 is 0 Å². The average Bonchev–Trinajstić information content (AvgIpc) is 2.98. The molecule has 21 heavy (non-hydrogen) atoms. The van der Waals surface area contributed by atoms with Gasteiger partial charge < -0.3 is 10.2 Å². The Morgan fingerprint density at radius 2 is 2.19 bits per heavy atom. The highest BCUT2D eigenvalue weighted by Crippen LogP contribution is 2.23. The van der Waals surface area contributed by atoms with Crippen LogP contribution in [-0.4, -0.2) is 41.9 Å². The Morgan fingerprint density at radius 1 is 1.38 bits per heavy atom. The van der Waals surface area contributed by atoms with Gasteiger partial charge in [-0.25, -0.2) is 0 Å². The number of hydrogen-bond donors (Lipinski definition) is 2. The molecule has 1 aromatic heterocycles. The maximum Gasteiger partial charge on any atom is 0.245 e. The number of benzene rings is 1. The topological polar surface area (TPSA) is 56.8 Å². The molecule has 2 N–H and O–H groups in total. The van der Waals surface area contributed by atoms with Crippen LogP contribution in [0.15, 0.2) is 24.3 Å². The molecule has 0 amide bonds. The van der Waals surface area contributed by atoms with Crippen LogP contribution in [0, 0.1) is 5.92 Å². The zero-order valence-corrected chi connectivity index (χ0v) is 12.9. The first-order valence-corrected chi connectivity index (χ1v) is 7.72. The molecule has 1 aliphatic rings. The molecule has 6 heteroatoms. The first-order valence-electron chi connectivity index (χ1n) is 7.34. The number of H-pyrrole nitrogens is 1. The minimum atomic E-state index is 0.668. The summed E-state index contributed by atoms with van der Waals surface area (Å²) in [5, 5.41) is 11.4. The smallest absolute Gasteiger partial charge is 0.245 e. The number of aromatic amines is 1. The van der Waals surface area contributed by atoms with Gasteiger partial charge in [-0.05, 0) is 56.6 Å². The molecule has 1 aromatic carbocycles. The van der Waals surface area contributed by atoms with Crippen molar-refractivity contribution in [1.82, 2.24) is 20.5 Å². The molecule has 0 bridgehead atoms. The van der Waals surface area contributed by atoms with Gasteiger partial charge in [0, 0.05) is 23.7 Å². The molecular formula is C15H20ClN5. The van der Waals surface area contributed by atoms with Crippen molar-refractivity contribution in [2.45, 2.75) is 12.8 Å². The van der Waals surface area contributed by atoms with Gasteiger partial charge in [-0.15, -0.1) is 5.10 Å². The van der Waals surface area contributed by atoms with Gasteiger partial charge in [0.1, 0.15) is 0 Å². The number of nitrogens with one attached hydrogen (secondary N) is 2. The second-order valence-electron chi connectivity index (χ2n) is 5.50. The van der Waals surface area contributed by atoms with Crippen LogP contribution in [-0.2, 0) is 0 Å².